The van der Waals surface area contributed by atoms with E-state index in [1.54, 1.807) is 31.2 Å². The number of nitro groups is 1. The van der Waals surface area contributed by atoms with Gasteiger partial charge >= 0.3 is 6.03 Å². The number of imide groups is 1. The van der Waals surface area contributed by atoms with Crippen LogP contribution in [-0.4, -0.2) is 21.8 Å². The number of nitrogens with one attached hydrogen (secondary N) is 1. The number of nitro benzene ring substituents is 1. The standard InChI is InChI=1S/C22H16FN3O5/c1-13-10-15(26(29)30)6-8-17(13)20-9-7-16(31-20)11-19-21(27)25(22(28)24-19)12-14-4-2-3-5-18(14)23/h2-11H,12H2,1H3,(H,24,28)/b19-11+. The van der Waals surface area contributed by atoms with Crippen molar-refractivity contribution in [2.75, 3.05) is 0 Å². The molecule has 3 amide bonds. The molecule has 4 rings (SSSR count). The largest absolute Gasteiger partial charge is 0.457 e. The molecule has 1 aromatic heterocycles. The predicted molar refractivity (Wildman–Crippen MR) is 109 cm³/mol. The molecular weight excluding hydrogens is 405 g/mol. The molecule has 2 aromatic carbocycles. The van der Waals surface area contributed by atoms with Crippen molar-refractivity contribution in [3.05, 3.63) is 93.1 Å². The lowest BCUT2D eigenvalue weighted by molar-refractivity contribution is -0.384. The second-order valence-electron chi connectivity index (χ2n) is 6.93. The summed E-state index contributed by atoms with van der Waals surface area (Å²) in [6, 6.07) is 12.9. The lowest BCUT2D eigenvalue weighted by atomic mass is 10.1. The van der Waals surface area contributed by atoms with Crippen LogP contribution in [0.25, 0.3) is 17.4 Å². The zero-order chi connectivity index (χ0) is 22.1. The minimum atomic E-state index is -0.655. The lowest BCUT2D eigenvalue weighted by Crippen LogP contribution is -2.30. The third-order valence-corrected chi connectivity index (χ3v) is 4.85. The normalized spacial score (nSPS) is 14.9. The molecule has 0 spiro atoms. The van der Waals surface area contributed by atoms with E-state index in [1.807, 2.05) is 0 Å². The smallest absolute Gasteiger partial charge is 0.329 e. The first-order valence-electron chi connectivity index (χ1n) is 9.26. The van der Waals surface area contributed by atoms with Gasteiger partial charge in [0.2, 0.25) is 0 Å². The van der Waals surface area contributed by atoms with Gasteiger partial charge in [0.05, 0.1) is 11.5 Å². The minimum Gasteiger partial charge on any atom is -0.457 e. The van der Waals surface area contributed by atoms with Crippen molar-refractivity contribution in [3.8, 4) is 11.3 Å². The van der Waals surface area contributed by atoms with Crippen LogP contribution in [0.3, 0.4) is 0 Å². The van der Waals surface area contributed by atoms with Crippen LogP contribution < -0.4 is 5.32 Å². The Balaban J connectivity index is 1.56. The molecule has 0 atom stereocenters. The second-order valence-corrected chi connectivity index (χ2v) is 6.93. The molecule has 1 saturated heterocycles. The average molecular weight is 421 g/mol. The molecular formula is C22H16FN3O5. The Morgan fingerprint density at radius 2 is 1.94 bits per heavy atom. The molecule has 31 heavy (non-hydrogen) atoms. The van der Waals surface area contributed by atoms with Gasteiger partial charge in [0.1, 0.15) is 23.0 Å². The number of furan rings is 1. The van der Waals surface area contributed by atoms with E-state index in [2.05, 4.69) is 5.32 Å². The van der Waals surface area contributed by atoms with Crippen LogP contribution in [0.2, 0.25) is 0 Å². The van der Waals surface area contributed by atoms with Gasteiger partial charge in [-0.25, -0.2) is 9.18 Å². The van der Waals surface area contributed by atoms with E-state index in [4.69, 9.17) is 4.42 Å². The third kappa shape index (κ3) is 3.93. The van der Waals surface area contributed by atoms with Gasteiger partial charge in [0.25, 0.3) is 11.6 Å². The Bertz CT molecular complexity index is 1250. The number of nitrogens with zero attached hydrogens (tertiary/aromatic N) is 2. The summed E-state index contributed by atoms with van der Waals surface area (Å²) in [7, 11) is 0. The molecule has 1 N–H and O–H groups in total. The van der Waals surface area contributed by atoms with E-state index >= 15 is 0 Å². The SMILES string of the molecule is Cc1cc([N+](=O)[O-])ccc1-c1ccc(/C=C2/NC(=O)N(Cc3ccccc3F)C2=O)o1. The predicted octanol–water partition coefficient (Wildman–Crippen LogP) is 4.40. The fourth-order valence-electron chi connectivity index (χ4n) is 3.27. The third-order valence-electron chi connectivity index (χ3n) is 4.85. The first-order valence-corrected chi connectivity index (χ1v) is 9.26. The summed E-state index contributed by atoms with van der Waals surface area (Å²) in [5.41, 5.74) is 1.52. The first-order chi connectivity index (χ1) is 14.8. The van der Waals surface area contributed by atoms with E-state index in [9.17, 15) is 24.1 Å². The highest BCUT2D eigenvalue weighted by Gasteiger charge is 2.34. The number of carbonyl (C=O) groups excluding carboxylic acids is 2. The Labute approximate surface area is 175 Å². The quantitative estimate of drug-likeness (QED) is 0.285. The number of carbonyl (C=O) groups is 2. The van der Waals surface area contributed by atoms with Crippen LogP contribution in [0.1, 0.15) is 16.9 Å². The summed E-state index contributed by atoms with van der Waals surface area (Å²) < 4.78 is 19.6. The number of hydrogen-bond acceptors (Lipinski definition) is 5. The highest BCUT2D eigenvalue weighted by molar-refractivity contribution is 6.13. The number of aryl methyl sites for hydroxylation is 1. The molecule has 3 aromatic rings. The Kier molecular flexibility index (Phi) is 5.08. The number of rotatable bonds is 5. The number of urea groups is 1. The van der Waals surface area contributed by atoms with Gasteiger partial charge in [0, 0.05) is 29.3 Å². The van der Waals surface area contributed by atoms with Crippen molar-refractivity contribution in [2.45, 2.75) is 13.5 Å². The highest BCUT2D eigenvalue weighted by Crippen LogP contribution is 2.29. The Morgan fingerprint density at radius 1 is 1.16 bits per heavy atom. The van der Waals surface area contributed by atoms with E-state index in [1.165, 1.54) is 36.4 Å². The monoisotopic (exact) mass is 421 g/mol. The molecule has 0 saturated carbocycles. The summed E-state index contributed by atoms with van der Waals surface area (Å²) in [5, 5.41) is 13.4. The van der Waals surface area contributed by atoms with E-state index in [0.717, 1.165) is 4.90 Å². The van der Waals surface area contributed by atoms with Gasteiger partial charge in [-0.05, 0) is 36.8 Å². The Morgan fingerprint density at radius 3 is 2.65 bits per heavy atom. The van der Waals surface area contributed by atoms with Gasteiger partial charge < -0.3 is 9.73 Å². The Hall–Kier alpha value is -4.27. The van der Waals surface area contributed by atoms with Crippen molar-refractivity contribution < 1.29 is 23.3 Å². The van der Waals surface area contributed by atoms with Crippen molar-refractivity contribution in [2.24, 2.45) is 0 Å². The van der Waals surface area contributed by atoms with Crippen LogP contribution in [0.15, 0.2) is 64.7 Å². The van der Waals surface area contributed by atoms with Gasteiger partial charge in [-0.15, -0.1) is 0 Å². The molecule has 8 nitrogen and oxygen atoms in total. The van der Waals surface area contributed by atoms with Crippen molar-refractivity contribution in [1.29, 1.82) is 0 Å². The minimum absolute atomic E-state index is 0.00246. The molecule has 156 valence electrons. The first kappa shape index (κ1) is 20.0. The molecule has 0 aliphatic carbocycles. The van der Waals surface area contributed by atoms with Gasteiger partial charge in [-0.2, -0.15) is 0 Å². The summed E-state index contributed by atoms with van der Waals surface area (Å²) >= 11 is 0. The molecule has 2 heterocycles. The molecule has 0 radical (unpaired) electrons. The average Bonchev–Trinajstić information content (AvgIpc) is 3.29. The fraction of sp³-hybridized carbons (Fsp3) is 0.0909. The molecule has 1 aliphatic heterocycles. The molecule has 1 aliphatic rings. The van der Waals surface area contributed by atoms with Crippen LogP contribution >= 0.6 is 0 Å². The molecule has 0 bridgehead atoms. The zero-order valence-corrected chi connectivity index (χ0v) is 16.3. The van der Waals surface area contributed by atoms with Crippen LogP contribution in [0, 0.1) is 22.9 Å². The lowest BCUT2D eigenvalue weighted by Gasteiger charge is -2.12. The summed E-state index contributed by atoms with van der Waals surface area (Å²) in [6.07, 6.45) is 1.38. The van der Waals surface area contributed by atoms with E-state index < -0.39 is 22.7 Å². The van der Waals surface area contributed by atoms with Gasteiger partial charge in [-0.1, -0.05) is 18.2 Å². The number of benzene rings is 2. The van der Waals surface area contributed by atoms with Crippen molar-refractivity contribution in [1.82, 2.24) is 10.2 Å². The number of amides is 3. The maximum absolute atomic E-state index is 13.9. The van der Waals surface area contributed by atoms with E-state index in [0.29, 0.717) is 22.6 Å². The molecule has 1 fully saturated rings. The van der Waals surface area contributed by atoms with E-state index in [-0.39, 0.29) is 23.5 Å². The van der Waals surface area contributed by atoms with Crippen LogP contribution in [-0.2, 0) is 11.3 Å². The second kappa shape index (κ2) is 7.86. The molecule has 0 unspecified atom stereocenters. The number of halogens is 1. The molecule has 9 heteroatoms. The summed E-state index contributed by atoms with van der Waals surface area (Å²) in [4.78, 5) is 36.2. The summed E-state index contributed by atoms with van der Waals surface area (Å²) in [6.45, 7) is 1.53. The number of hydrogen-bond donors (Lipinski definition) is 1. The maximum atomic E-state index is 13.9. The van der Waals surface area contributed by atoms with Gasteiger partial charge in [-0.3, -0.25) is 19.8 Å². The van der Waals surface area contributed by atoms with Crippen molar-refractivity contribution >= 4 is 23.7 Å². The maximum Gasteiger partial charge on any atom is 0.329 e. The van der Waals surface area contributed by atoms with Gasteiger partial charge in [0.15, 0.2) is 0 Å². The van der Waals surface area contributed by atoms with Crippen molar-refractivity contribution in [3.63, 3.8) is 0 Å². The number of non-ortho nitro benzene ring substituents is 1. The van der Waals surface area contributed by atoms with Crippen LogP contribution in [0.4, 0.5) is 14.9 Å². The topological polar surface area (TPSA) is 106 Å². The highest BCUT2D eigenvalue weighted by atomic mass is 19.1. The zero-order valence-electron chi connectivity index (χ0n) is 16.3. The summed E-state index contributed by atoms with van der Waals surface area (Å²) in [5.74, 6) is -0.337. The fourth-order valence-corrected chi connectivity index (χ4v) is 3.27. The van der Waals surface area contributed by atoms with Crippen LogP contribution in [0.5, 0.6) is 0 Å².